The highest BCUT2D eigenvalue weighted by atomic mass is 16.3. The highest BCUT2D eigenvalue weighted by Crippen LogP contribution is 2.19. The van der Waals surface area contributed by atoms with E-state index >= 15 is 0 Å². The second-order valence-electron chi connectivity index (χ2n) is 8.66. The first-order chi connectivity index (χ1) is 13.7. The van der Waals surface area contributed by atoms with Crippen molar-refractivity contribution in [2.45, 2.75) is 88.5 Å². The van der Waals surface area contributed by atoms with Gasteiger partial charge in [-0.05, 0) is 45.4 Å². The van der Waals surface area contributed by atoms with Crippen molar-refractivity contribution in [2.75, 3.05) is 45.9 Å². The van der Waals surface area contributed by atoms with Crippen molar-refractivity contribution in [3.63, 3.8) is 0 Å². The monoisotopic (exact) mass is 399 g/mol. The molecule has 2 fully saturated rings. The van der Waals surface area contributed by atoms with Gasteiger partial charge in [-0.25, -0.2) is 0 Å². The Balaban J connectivity index is 1.96. The SMILES string of the molecule is C[C@H]1CN[C@@H](CCCO)CNC2CCCCC2NC[C@H](CCCO)NCCN1. The Bertz CT molecular complexity index is 388. The van der Waals surface area contributed by atoms with Crippen LogP contribution >= 0.6 is 0 Å². The minimum absolute atomic E-state index is 0.264. The van der Waals surface area contributed by atoms with Gasteiger partial charge in [-0.2, -0.15) is 0 Å². The quantitative estimate of drug-likeness (QED) is 0.336. The lowest BCUT2D eigenvalue weighted by Gasteiger charge is -2.35. The minimum Gasteiger partial charge on any atom is -0.396 e. The summed E-state index contributed by atoms with van der Waals surface area (Å²) in [5.74, 6) is 0. The molecule has 2 aliphatic rings. The van der Waals surface area contributed by atoms with E-state index < -0.39 is 0 Å². The molecular weight excluding hydrogens is 354 g/mol. The Morgan fingerprint density at radius 3 is 1.79 bits per heavy atom. The molecule has 0 bridgehead atoms. The summed E-state index contributed by atoms with van der Waals surface area (Å²) in [5.41, 5.74) is 0. The molecule has 1 saturated carbocycles. The van der Waals surface area contributed by atoms with Crippen LogP contribution < -0.4 is 26.6 Å². The number of nitrogens with one attached hydrogen (secondary N) is 5. The van der Waals surface area contributed by atoms with Crippen LogP contribution in [-0.4, -0.2) is 86.4 Å². The molecule has 7 N–H and O–H groups in total. The molecule has 0 aromatic carbocycles. The fourth-order valence-electron chi connectivity index (χ4n) is 4.45. The van der Waals surface area contributed by atoms with Crippen LogP contribution in [0.2, 0.25) is 0 Å². The van der Waals surface area contributed by atoms with Crippen molar-refractivity contribution < 1.29 is 10.2 Å². The van der Waals surface area contributed by atoms with Gasteiger partial charge in [0, 0.05) is 76.1 Å². The summed E-state index contributed by atoms with van der Waals surface area (Å²) in [6.07, 6.45) is 8.79. The van der Waals surface area contributed by atoms with Crippen molar-refractivity contribution in [2.24, 2.45) is 0 Å². The molecule has 1 aliphatic carbocycles. The molecule has 1 saturated heterocycles. The molecule has 166 valence electrons. The van der Waals surface area contributed by atoms with Crippen molar-refractivity contribution in [1.82, 2.24) is 26.6 Å². The lowest BCUT2D eigenvalue weighted by Crippen LogP contribution is -2.55. The van der Waals surface area contributed by atoms with Gasteiger partial charge in [0.25, 0.3) is 0 Å². The summed E-state index contributed by atoms with van der Waals surface area (Å²) in [5, 5.41) is 37.1. The lowest BCUT2D eigenvalue weighted by molar-refractivity contribution is 0.247. The van der Waals surface area contributed by atoms with Gasteiger partial charge < -0.3 is 36.8 Å². The Morgan fingerprint density at radius 1 is 0.679 bits per heavy atom. The van der Waals surface area contributed by atoms with Gasteiger partial charge in [0.05, 0.1) is 0 Å². The zero-order chi connectivity index (χ0) is 20.0. The molecule has 5 atom stereocenters. The molecule has 0 spiro atoms. The fraction of sp³-hybridized carbons (Fsp3) is 1.00. The molecule has 0 radical (unpaired) electrons. The molecule has 0 aromatic rings. The standard InChI is InChI=1S/C21H45N5O2/c1-17-14-24-19(7-5-13-28)16-26-21-9-3-2-8-20(21)25-15-18(6-4-12-27)23-11-10-22-17/h17-28H,2-16H2,1H3/t17-,18-,19-,20?,21?/m0/s1. The Kier molecular flexibility index (Phi) is 12.6. The van der Waals surface area contributed by atoms with Gasteiger partial charge >= 0.3 is 0 Å². The predicted molar refractivity (Wildman–Crippen MR) is 116 cm³/mol. The van der Waals surface area contributed by atoms with Gasteiger partial charge in [-0.15, -0.1) is 0 Å². The smallest absolute Gasteiger partial charge is 0.0431 e. The zero-order valence-electron chi connectivity index (χ0n) is 17.9. The average molecular weight is 400 g/mol. The maximum absolute atomic E-state index is 9.24. The number of aliphatic hydroxyl groups is 2. The first-order valence-corrected chi connectivity index (χ1v) is 11.6. The number of rotatable bonds is 6. The van der Waals surface area contributed by atoms with Crippen molar-refractivity contribution >= 4 is 0 Å². The third-order valence-electron chi connectivity index (χ3n) is 6.20. The molecule has 0 aromatic heterocycles. The summed E-state index contributed by atoms with van der Waals surface area (Å²) < 4.78 is 0. The minimum atomic E-state index is 0.264. The molecule has 7 heteroatoms. The third kappa shape index (κ3) is 9.48. The Morgan fingerprint density at radius 2 is 1.21 bits per heavy atom. The van der Waals surface area contributed by atoms with E-state index in [1.165, 1.54) is 25.7 Å². The van der Waals surface area contributed by atoms with Crippen LogP contribution in [0.25, 0.3) is 0 Å². The molecule has 2 unspecified atom stereocenters. The predicted octanol–water partition coefficient (Wildman–Crippen LogP) is -0.0701. The van der Waals surface area contributed by atoms with Crippen LogP contribution in [0.5, 0.6) is 0 Å². The van der Waals surface area contributed by atoms with Crippen LogP contribution in [0.1, 0.15) is 58.3 Å². The fourth-order valence-corrected chi connectivity index (χ4v) is 4.45. The van der Waals surface area contributed by atoms with Gasteiger partial charge in [0.15, 0.2) is 0 Å². The van der Waals surface area contributed by atoms with Crippen LogP contribution in [0.4, 0.5) is 0 Å². The van der Waals surface area contributed by atoms with Gasteiger partial charge in [0.1, 0.15) is 0 Å². The van der Waals surface area contributed by atoms with E-state index in [0.29, 0.717) is 30.2 Å². The summed E-state index contributed by atoms with van der Waals surface area (Å²) in [6, 6.07) is 2.27. The molecule has 1 aliphatic heterocycles. The highest BCUT2D eigenvalue weighted by Gasteiger charge is 2.26. The van der Waals surface area contributed by atoms with E-state index in [2.05, 4.69) is 33.5 Å². The average Bonchev–Trinajstić information content (AvgIpc) is 2.72. The molecular formula is C21H45N5O2. The third-order valence-corrected chi connectivity index (χ3v) is 6.20. The number of fused-ring (bicyclic) bond motifs is 1. The Hall–Kier alpha value is -0.280. The van der Waals surface area contributed by atoms with E-state index in [4.69, 9.17) is 0 Å². The number of aliphatic hydroxyl groups excluding tert-OH is 2. The maximum Gasteiger partial charge on any atom is 0.0431 e. The van der Waals surface area contributed by atoms with E-state index in [0.717, 1.165) is 58.4 Å². The molecule has 28 heavy (non-hydrogen) atoms. The first kappa shape index (κ1) is 24.0. The number of hydrogen-bond acceptors (Lipinski definition) is 7. The van der Waals surface area contributed by atoms with Gasteiger partial charge in [0.2, 0.25) is 0 Å². The summed E-state index contributed by atoms with van der Waals surface area (Å²) in [4.78, 5) is 0. The molecule has 0 amide bonds. The van der Waals surface area contributed by atoms with E-state index in [9.17, 15) is 10.2 Å². The van der Waals surface area contributed by atoms with E-state index in [1.807, 2.05) is 0 Å². The zero-order valence-corrected chi connectivity index (χ0v) is 17.9. The molecule has 1 heterocycles. The second kappa shape index (κ2) is 14.7. The van der Waals surface area contributed by atoms with Crippen molar-refractivity contribution in [3.05, 3.63) is 0 Å². The summed E-state index contributed by atoms with van der Waals surface area (Å²) in [6.45, 7) is 7.52. The van der Waals surface area contributed by atoms with Crippen molar-refractivity contribution in [3.8, 4) is 0 Å². The Labute approximate surface area is 171 Å². The van der Waals surface area contributed by atoms with Crippen molar-refractivity contribution in [1.29, 1.82) is 0 Å². The normalized spacial score (nSPS) is 34.2. The second-order valence-corrected chi connectivity index (χ2v) is 8.66. The molecule has 7 nitrogen and oxygen atoms in total. The lowest BCUT2D eigenvalue weighted by atomic mass is 9.89. The summed E-state index contributed by atoms with van der Waals surface area (Å²) >= 11 is 0. The largest absolute Gasteiger partial charge is 0.396 e. The van der Waals surface area contributed by atoms with E-state index in [-0.39, 0.29) is 13.2 Å². The first-order valence-electron chi connectivity index (χ1n) is 11.6. The van der Waals surface area contributed by atoms with Gasteiger partial charge in [-0.3, -0.25) is 0 Å². The maximum atomic E-state index is 9.24. The van der Waals surface area contributed by atoms with Crippen LogP contribution in [-0.2, 0) is 0 Å². The topological polar surface area (TPSA) is 101 Å². The summed E-state index contributed by atoms with van der Waals surface area (Å²) in [7, 11) is 0. The molecule has 2 rings (SSSR count). The van der Waals surface area contributed by atoms with Gasteiger partial charge in [-0.1, -0.05) is 12.8 Å². The van der Waals surface area contributed by atoms with E-state index in [1.54, 1.807) is 0 Å². The number of hydrogen-bond donors (Lipinski definition) is 7. The van der Waals surface area contributed by atoms with Crippen LogP contribution in [0, 0.1) is 0 Å². The van der Waals surface area contributed by atoms with Crippen LogP contribution in [0.3, 0.4) is 0 Å². The highest BCUT2D eigenvalue weighted by molar-refractivity contribution is 4.89. The van der Waals surface area contributed by atoms with Crippen LogP contribution in [0.15, 0.2) is 0 Å².